The summed E-state index contributed by atoms with van der Waals surface area (Å²) < 4.78 is 5.39. The molecule has 1 aromatic rings. The molecular formula is C12H14ClO. The van der Waals surface area contributed by atoms with Crippen LogP contribution in [0.2, 0.25) is 5.02 Å². The van der Waals surface area contributed by atoms with Crippen molar-refractivity contribution < 1.29 is 4.74 Å². The summed E-state index contributed by atoms with van der Waals surface area (Å²) in [6, 6.07) is 5.64. The fourth-order valence-electron chi connectivity index (χ4n) is 1.17. The van der Waals surface area contributed by atoms with E-state index >= 15 is 0 Å². The second-order valence-corrected chi connectivity index (χ2v) is 3.37. The lowest BCUT2D eigenvalue weighted by molar-refractivity contribution is 0.340. The molecule has 1 aromatic carbocycles. The zero-order chi connectivity index (χ0) is 10.6. The first-order chi connectivity index (χ1) is 6.69. The Kier molecular flexibility index (Phi) is 4.02. The Hall–Kier alpha value is -0.950. The highest BCUT2D eigenvalue weighted by Gasteiger charge is 2.08. The van der Waals surface area contributed by atoms with Gasteiger partial charge >= 0.3 is 0 Å². The van der Waals surface area contributed by atoms with E-state index in [2.05, 4.69) is 6.58 Å². The monoisotopic (exact) mass is 209 g/mol. The van der Waals surface area contributed by atoms with Crippen LogP contribution in [0.4, 0.5) is 0 Å². The van der Waals surface area contributed by atoms with E-state index in [1.165, 1.54) is 0 Å². The van der Waals surface area contributed by atoms with Crippen LogP contribution in [0.15, 0.2) is 30.9 Å². The van der Waals surface area contributed by atoms with Gasteiger partial charge in [-0.3, -0.25) is 0 Å². The van der Waals surface area contributed by atoms with Crippen LogP contribution < -0.4 is 4.74 Å². The summed E-state index contributed by atoms with van der Waals surface area (Å²) in [6.45, 7) is 8.31. The lowest BCUT2D eigenvalue weighted by atomic mass is 10.0. The van der Waals surface area contributed by atoms with Crippen LogP contribution in [0, 0.1) is 5.92 Å². The predicted octanol–water partition coefficient (Wildman–Crippen LogP) is 3.87. The van der Waals surface area contributed by atoms with Crippen molar-refractivity contribution >= 4 is 11.6 Å². The number of hydrogen-bond acceptors (Lipinski definition) is 1. The van der Waals surface area contributed by atoms with E-state index in [1.54, 1.807) is 6.08 Å². The van der Waals surface area contributed by atoms with E-state index in [9.17, 15) is 0 Å². The highest BCUT2D eigenvalue weighted by Crippen LogP contribution is 2.28. The van der Waals surface area contributed by atoms with Gasteiger partial charge in [0.25, 0.3) is 0 Å². The molecule has 0 aliphatic carbocycles. The van der Waals surface area contributed by atoms with Crippen LogP contribution in [-0.4, -0.2) is 6.61 Å². The number of halogens is 1. The van der Waals surface area contributed by atoms with E-state index in [0.29, 0.717) is 6.61 Å². The molecule has 0 aliphatic rings. The summed E-state index contributed by atoms with van der Waals surface area (Å²) in [5.41, 5.74) is 0.979. The van der Waals surface area contributed by atoms with E-state index in [4.69, 9.17) is 16.3 Å². The molecule has 0 saturated carbocycles. The van der Waals surface area contributed by atoms with Crippen molar-refractivity contribution in [2.75, 3.05) is 6.61 Å². The predicted molar refractivity (Wildman–Crippen MR) is 60.8 cm³/mol. The standard InChI is InChI=1S/C12H14ClO/c1-4-9(3)11-8-10(14-5-2)6-7-12(11)13/h4,6-8H,1,5H2,2-3H3. The second-order valence-electron chi connectivity index (χ2n) is 2.96. The van der Waals surface area contributed by atoms with Crippen molar-refractivity contribution in [1.29, 1.82) is 0 Å². The van der Waals surface area contributed by atoms with Gasteiger partial charge in [-0.05, 0) is 30.7 Å². The first kappa shape index (κ1) is 11.1. The topological polar surface area (TPSA) is 9.23 Å². The highest BCUT2D eigenvalue weighted by atomic mass is 35.5. The quantitative estimate of drug-likeness (QED) is 0.732. The fraction of sp³-hybridized carbons (Fsp3) is 0.250. The van der Waals surface area contributed by atoms with Gasteiger partial charge in [-0.2, -0.15) is 0 Å². The molecular weight excluding hydrogens is 196 g/mol. The average Bonchev–Trinajstić information content (AvgIpc) is 2.20. The Morgan fingerprint density at radius 3 is 2.86 bits per heavy atom. The summed E-state index contributed by atoms with van der Waals surface area (Å²) in [5.74, 6) is 1.89. The Bertz CT molecular complexity index is 320. The third-order valence-corrected chi connectivity index (χ3v) is 2.31. The largest absolute Gasteiger partial charge is 0.494 e. The third kappa shape index (κ3) is 2.52. The van der Waals surface area contributed by atoms with Crippen LogP contribution in [0.25, 0.3) is 0 Å². The Balaban J connectivity index is 3.01. The molecule has 0 unspecified atom stereocenters. The van der Waals surface area contributed by atoms with Gasteiger partial charge in [-0.25, -0.2) is 0 Å². The molecule has 0 fully saturated rings. The van der Waals surface area contributed by atoms with E-state index < -0.39 is 0 Å². The molecule has 1 rings (SSSR count). The van der Waals surface area contributed by atoms with Crippen molar-refractivity contribution in [3.05, 3.63) is 47.4 Å². The Labute approximate surface area is 90.3 Å². The van der Waals surface area contributed by atoms with Gasteiger partial charge in [-0.1, -0.05) is 24.6 Å². The molecule has 0 bridgehead atoms. The minimum Gasteiger partial charge on any atom is -0.494 e. The van der Waals surface area contributed by atoms with Crippen molar-refractivity contribution in [2.24, 2.45) is 0 Å². The van der Waals surface area contributed by atoms with Crippen LogP contribution in [0.5, 0.6) is 5.75 Å². The first-order valence-electron chi connectivity index (χ1n) is 4.57. The van der Waals surface area contributed by atoms with E-state index in [0.717, 1.165) is 22.3 Å². The SMILES string of the molecule is C=C[C](C)c1cc(OCC)ccc1Cl. The molecule has 0 saturated heterocycles. The molecule has 14 heavy (non-hydrogen) atoms. The number of allylic oxidation sites excluding steroid dienone is 1. The van der Waals surface area contributed by atoms with E-state index in [-0.39, 0.29) is 0 Å². The van der Waals surface area contributed by atoms with Gasteiger partial charge in [-0.15, -0.1) is 6.58 Å². The zero-order valence-corrected chi connectivity index (χ0v) is 9.27. The normalized spacial score (nSPS) is 10.3. The van der Waals surface area contributed by atoms with Crippen LogP contribution >= 0.6 is 11.6 Å². The summed E-state index contributed by atoms with van der Waals surface area (Å²) in [5, 5.41) is 0.728. The van der Waals surface area contributed by atoms with Crippen molar-refractivity contribution in [2.45, 2.75) is 13.8 Å². The summed E-state index contributed by atoms with van der Waals surface area (Å²) >= 11 is 6.05. The Morgan fingerprint density at radius 1 is 1.57 bits per heavy atom. The summed E-state index contributed by atoms with van der Waals surface area (Å²) in [6.07, 6.45) is 1.79. The van der Waals surface area contributed by atoms with Gasteiger partial charge < -0.3 is 4.74 Å². The summed E-state index contributed by atoms with van der Waals surface area (Å²) in [4.78, 5) is 0. The van der Waals surface area contributed by atoms with Gasteiger partial charge in [0.05, 0.1) is 6.61 Å². The maximum atomic E-state index is 6.05. The van der Waals surface area contributed by atoms with Crippen LogP contribution in [0.1, 0.15) is 19.4 Å². The van der Waals surface area contributed by atoms with Crippen molar-refractivity contribution in [1.82, 2.24) is 0 Å². The maximum Gasteiger partial charge on any atom is 0.119 e. The fourth-order valence-corrected chi connectivity index (χ4v) is 1.44. The molecule has 0 aliphatic heterocycles. The molecule has 2 heteroatoms. The third-order valence-electron chi connectivity index (χ3n) is 1.98. The minimum absolute atomic E-state index is 0.661. The van der Waals surface area contributed by atoms with Gasteiger partial charge in [0.1, 0.15) is 5.75 Å². The Morgan fingerprint density at radius 2 is 2.29 bits per heavy atom. The van der Waals surface area contributed by atoms with Crippen LogP contribution in [-0.2, 0) is 0 Å². The second kappa shape index (κ2) is 5.06. The molecule has 1 radical (unpaired) electrons. The lowest BCUT2D eigenvalue weighted by Crippen LogP contribution is -1.95. The van der Waals surface area contributed by atoms with Gasteiger partial charge in [0.2, 0.25) is 0 Å². The first-order valence-corrected chi connectivity index (χ1v) is 4.95. The lowest BCUT2D eigenvalue weighted by Gasteiger charge is -2.10. The molecule has 0 amide bonds. The molecule has 0 spiro atoms. The van der Waals surface area contributed by atoms with Gasteiger partial charge in [0, 0.05) is 10.9 Å². The zero-order valence-electron chi connectivity index (χ0n) is 8.51. The number of benzene rings is 1. The van der Waals surface area contributed by atoms with Crippen molar-refractivity contribution in [3.8, 4) is 5.75 Å². The minimum atomic E-state index is 0.661. The molecule has 0 N–H and O–H groups in total. The highest BCUT2D eigenvalue weighted by molar-refractivity contribution is 6.31. The number of ether oxygens (including phenoxy) is 1. The average molecular weight is 210 g/mol. The smallest absolute Gasteiger partial charge is 0.119 e. The van der Waals surface area contributed by atoms with Crippen molar-refractivity contribution in [3.63, 3.8) is 0 Å². The number of rotatable bonds is 4. The molecule has 75 valence electrons. The number of hydrogen-bond donors (Lipinski definition) is 0. The molecule has 0 heterocycles. The van der Waals surface area contributed by atoms with Gasteiger partial charge in [0.15, 0.2) is 0 Å². The van der Waals surface area contributed by atoms with E-state index in [1.807, 2.05) is 32.0 Å². The summed E-state index contributed by atoms with van der Waals surface area (Å²) in [7, 11) is 0. The molecule has 1 nitrogen and oxygen atoms in total. The molecule has 0 aromatic heterocycles. The molecule has 0 atom stereocenters. The van der Waals surface area contributed by atoms with Crippen LogP contribution in [0.3, 0.4) is 0 Å². The maximum absolute atomic E-state index is 6.05.